The minimum absolute atomic E-state index is 0.332. The maximum atomic E-state index is 13.0. The molecule has 6 nitrogen and oxygen atoms in total. The first-order chi connectivity index (χ1) is 16.5. The third-order valence-electron chi connectivity index (χ3n) is 5.20. The number of carbonyl (C=O) groups is 2. The normalized spacial score (nSPS) is 11.0. The van der Waals surface area contributed by atoms with Gasteiger partial charge in [0.05, 0.1) is 27.0 Å². The van der Waals surface area contributed by atoms with Crippen molar-refractivity contribution in [1.29, 1.82) is 0 Å². The average molecular weight is 488 g/mol. The fourth-order valence-corrected chi connectivity index (χ4v) is 4.67. The highest BCUT2D eigenvalue weighted by Crippen LogP contribution is 2.28. The van der Waals surface area contributed by atoms with Gasteiger partial charge < -0.3 is 4.74 Å². The second kappa shape index (κ2) is 9.21. The number of halogens is 1. The lowest BCUT2D eigenvalue weighted by Crippen LogP contribution is -2.21. The molecule has 1 N–H and O–H groups in total. The number of hydrogen-bond donors (Lipinski definition) is 1. The highest BCUT2D eigenvalue weighted by Gasteiger charge is 2.17. The second-order valence-corrected chi connectivity index (χ2v) is 9.16. The van der Waals surface area contributed by atoms with Gasteiger partial charge in [0.1, 0.15) is 0 Å². The lowest BCUT2D eigenvalue weighted by atomic mass is 10.0. The molecule has 0 bridgehead atoms. The number of hydrogen-bond acceptors (Lipinski definition) is 6. The molecule has 0 radical (unpaired) electrons. The van der Waals surface area contributed by atoms with Gasteiger partial charge in [-0.2, -0.15) is 0 Å². The van der Waals surface area contributed by atoms with Crippen LogP contribution in [0.2, 0.25) is 5.02 Å². The number of esters is 1. The molecule has 8 heteroatoms. The number of aromatic nitrogens is 2. The highest BCUT2D eigenvalue weighted by molar-refractivity contribution is 7.22. The van der Waals surface area contributed by atoms with E-state index in [0.29, 0.717) is 32.3 Å². The Morgan fingerprint density at radius 3 is 2.59 bits per heavy atom. The van der Waals surface area contributed by atoms with Gasteiger partial charge in [0.25, 0.3) is 5.91 Å². The van der Waals surface area contributed by atoms with E-state index in [1.165, 1.54) is 11.3 Å². The smallest absolute Gasteiger partial charge is 0.339 e. The van der Waals surface area contributed by atoms with Crippen LogP contribution in [0.25, 0.3) is 32.4 Å². The minimum Gasteiger partial charge on any atom is -0.452 e. The molecule has 5 aromatic rings. The third-order valence-corrected chi connectivity index (χ3v) is 6.39. The number of ether oxygens (including phenoxy) is 1. The summed E-state index contributed by atoms with van der Waals surface area (Å²) in [5, 5.41) is 4.42. The van der Waals surface area contributed by atoms with E-state index in [4.69, 9.17) is 16.3 Å². The molecule has 0 saturated heterocycles. The molecule has 0 fully saturated rings. The number of benzene rings is 3. The minimum atomic E-state index is -0.608. The van der Waals surface area contributed by atoms with Crippen molar-refractivity contribution in [1.82, 2.24) is 9.97 Å². The van der Waals surface area contributed by atoms with Gasteiger partial charge in [-0.1, -0.05) is 59.3 Å². The van der Waals surface area contributed by atoms with Gasteiger partial charge in [-0.25, -0.2) is 14.8 Å². The number of nitrogens with zero attached hydrogens (tertiary/aromatic N) is 2. The van der Waals surface area contributed by atoms with Crippen molar-refractivity contribution < 1.29 is 14.3 Å². The fourth-order valence-electron chi connectivity index (χ4n) is 3.56. The third kappa shape index (κ3) is 4.62. The zero-order valence-electron chi connectivity index (χ0n) is 18.0. The molecule has 168 valence electrons. The molecule has 2 heterocycles. The summed E-state index contributed by atoms with van der Waals surface area (Å²) < 4.78 is 6.33. The van der Waals surface area contributed by atoms with Gasteiger partial charge in [0.2, 0.25) is 0 Å². The van der Waals surface area contributed by atoms with E-state index in [2.05, 4.69) is 15.3 Å². The summed E-state index contributed by atoms with van der Waals surface area (Å²) in [6.45, 7) is 1.57. The molecule has 2 aromatic heterocycles. The summed E-state index contributed by atoms with van der Waals surface area (Å²) in [5.41, 5.74) is 4.32. The monoisotopic (exact) mass is 487 g/mol. The molecular formula is C26H18ClN3O3S. The van der Waals surface area contributed by atoms with Crippen molar-refractivity contribution in [3.8, 4) is 11.3 Å². The standard InChI is InChI=1S/C26H18ClN3O3S/c1-15-6-11-21-23(12-15)34-26(29-21)30-24(31)14-33-25(32)19-13-22(16-7-9-17(27)10-8-16)28-20-5-3-2-4-18(19)20/h2-13H,14H2,1H3,(H,29,30,31). The summed E-state index contributed by atoms with van der Waals surface area (Å²) >= 11 is 7.37. The average Bonchev–Trinajstić information content (AvgIpc) is 3.23. The molecular weight excluding hydrogens is 470 g/mol. The predicted molar refractivity (Wildman–Crippen MR) is 135 cm³/mol. The molecule has 0 spiro atoms. The lowest BCUT2D eigenvalue weighted by Gasteiger charge is -2.10. The Balaban J connectivity index is 1.35. The predicted octanol–water partition coefficient (Wildman–Crippen LogP) is 6.27. The first-order valence-corrected chi connectivity index (χ1v) is 11.7. The molecule has 3 aromatic carbocycles. The Hall–Kier alpha value is -3.81. The van der Waals surface area contributed by atoms with Crippen LogP contribution in [0.4, 0.5) is 5.13 Å². The van der Waals surface area contributed by atoms with E-state index in [1.807, 2.05) is 55.5 Å². The SMILES string of the molecule is Cc1ccc2nc(NC(=O)COC(=O)c3cc(-c4ccc(Cl)cc4)nc4ccccc34)sc2c1. The number of anilines is 1. The quantitative estimate of drug-likeness (QED) is 0.295. The summed E-state index contributed by atoms with van der Waals surface area (Å²) in [6.07, 6.45) is 0. The molecule has 0 aliphatic heterocycles. The number of pyridine rings is 1. The van der Waals surface area contributed by atoms with E-state index >= 15 is 0 Å². The summed E-state index contributed by atoms with van der Waals surface area (Å²) in [7, 11) is 0. The number of carbonyl (C=O) groups excluding carboxylic acids is 2. The molecule has 0 aliphatic carbocycles. The molecule has 5 rings (SSSR count). The molecule has 0 aliphatic rings. The maximum Gasteiger partial charge on any atom is 0.339 e. The topological polar surface area (TPSA) is 81.2 Å². The summed E-state index contributed by atoms with van der Waals surface area (Å²) in [6, 6.07) is 22.0. The summed E-state index contributed by atoms with van der Waals surface area (Å²) in [4.78, 5) is 34.5. The first kappa shape index (κ1) is 22.0. The van der Waals surface area contributed by atoms with Crippen molar-refractivity contribution in [3.05, 3.63) is 88.9 Å². The Labute approximate surface area is 204 Å². The van der Waals surface area contributed by atoms with Crippen molar-refractivity contribution in [3.63, 3.8) is 0 Å². The number of para-hydroxylation sites is 1. The fraction of sp³-hybridized carbons (Fsp3) is 0.0769. The maximum absolute atomic E-state index is 13.0. The summed E-state index contributed by atoms with van der Waals surface area (Å²) in [5.74, 6) is -1.07. The van der Waals surface area contributed by atoms with Crippen LogP contribution < -0.4 is 5.32 Å². The zero-order valence-corrected chi connectivity index (χ0v) is 19.6. The van der Waals surface area contributed by atoms with Crippen LogP contribution in [0.3, 0.4) is 0 Å². The van der Waals surface area contributed by atoms with Crippen molar-refractivity contribution in [2.75, 3.05) is 11.9 Å². The Morgan fingerprint density at radius 1 is 0.971 bits per heavy atom. The van der Waals surface area contributed by atoms with Crippen LogP contribution in [0.1, 0.15) is 15.9 Å². The lowest BCUT2D eigenvalue weighted by molar-refractivity contribution is -0.119. The van der Waals surface area contributed by atoms with Crippen LogP contribution in [0.5, 0.6) is 0 Å². The van der Waals surface area contributed by atoms with Crippen molar-refractivity contribution in [2.45, 2.75) is 6.92 Å². The number of thiazole rings is 1. The molecule has 0 atom stereocenters. The van der Waals surface area contributed by atoms with E-state index < -0.39 is 18.5 Å². The first-order valence-electron chi connectivity index (χ1n) is 10.5. The molecule has 0 saturated carbocycles. The van der Waals surface area contributed by atoms with Crippen LogP contribution in [-0.2, 0) is 9.53 Å². The Morgan fingerprint density at radius 2 is 1.76 bits per heavy atom. The number of amides is 1. The van der Waals surface area contributed by atoms with E-state index in [0.717, 1.165) is 21.3 Å². The van der Waals surface area contributed by atoms with Crippen LogP contribution in [0.15, 0.2) is 72.8 Å². The molecule has 1 amide bonds. The van der Waals surface area contributed by atoms with Gasteiger partial charge >= 0.3 is 5.97 Å². The van der Waals surface area contributed by atoms with E-state index in [1.54, 1.807) is 24.3 Å². The van der Waals surface area contributed by atoms with Gasteiger partial charge in [-0.3, -0.25) is 10.1 Å². The largest absolute Gasteiger partial charge is 0.452 e. The van der Waals surface area contributed by atoms with Crippen LogP contribution in [0, 0.1) is 6.92 Å². The van der Waals surface area contributed by atoms with E-state index in [-0.39, 0.29) is 0 Å². The second-order valence-electron chi connectivity index (χ2n) is 7.69. The van der Waals surface area contributed by atoms with Crippen LogP contribution in [-0.4, -0.2) is 28.5 Å². The van der Waals surface area contributed by atoms with Gasteiger partial charge in [0.15, 0.2) is 11.7 Å². The van der Waals surface area contributed by atoms with Crippen molar-refractivity contribution in [2.24, 2.45) is 0 Å². The van der Waals surface area contributed by atoms with Crippen molar-refractivity contribution >= 4 is 61.1 Å². The number of nitrogens with one attached hydrogen (secondary N) is 1. The zero-order chi connectivity index (χ0) is 23.7. The highest BCUT2D eigenvalue weighted by atomic mass is 35.5. The Bertz CT molecular complexity index is 1550. The van der Waals surface area contributed by atoms with Gasteiger partial charge in [-0.15, -0.1) is 0 Å². The number of fused-ring (bicyclic) bond motifs is 2. The van der Waals surface area contributed by atoms with Crippen LogP contribution >= 0.6 is 22.9 Å². The molecule has 34 heavy (non-hydrogen) atoms. The van der Waals surface area contributed by atoms with Gasteiger partial charge in [0, 0.05) is 16.0 Å². The Kier molecular flexibility index (Phi) is 5.96. The number of aryl methyl sites for hydroxylation is 1. The van der Waals surface area contributed by atoms with E-state index in [9.17, 15) is 9.59 Å². The molecule has 0 unspecified atom stereocenters. The number of rotatable bonds is 5. The van der Waals surface area contributed by atoms with Gasteiger partial charge in [-0.05, 0) is 48.9 Å².